The molecule has 0 saturated carbocycles. The van der Waals surface area contributed by atoms with Crippen LogP contribution < -0.4 is 5.32 Å². The molecule has 1 aromatic rings. The molecule has 0 aromatic heterocycles. The molecule has 4 heteroatoms. The molecule has 0 aliphatic carbocycles. The number of hydrogen-bond acceptors (Lipinski definition) is 4. The summed E-state index contributed by atoms with van der Waals surface area (Å²) in [6, 6.07) is 7.59. The van der Waals surface area contributed by atoms with Crippen LogP contribution in [0.1, 0.15) is 6.99 Å². The van der Waals surface area contributed by atoms with Crippen molar-refractivity contribution in [1.82, 2.24) is 0 Å². The van der Waals surface area contributed by atoms with Crippen LogP contribution in [0.3, 0.4) is 0 Å². The number of ether oxygens (including phenoxy) is 2. The van der Waals surface area contributed by atoms with Crippen molar-refractivity contribution < 1.29 is 15.7 Å². The monoisotopic (exact) mass is 197 g/mol. The maximum Gasteiger partial charge on any atom is 0.508 e. The maximum atomic E-state index is 10.7. The van der Waals surface area contributed by atoms with Crippen LogP contribution in [0.25, 0.3) is 0 Å². The summed E-state index contributed by atoms with van der Waals surface area (Å²) in [5, 5.41) is 3.00. The van der Waals surface area contributed by atoms with Crippen molar-refractivity contribution in [3.63, 3.8) is 0 Å². The highest BCUT2D eigenvalue weighted by molar-refractivity contribution is 5.59. The second-order valence-electron chi connectivity index (χ2n) is 2.69. The third-order valence-corrected chi connectivity index (χ3v) is 1.77. The molecule has 78 valence electrons. The zero-order chi connectivity index (χ0) is 10.4. The van der Waals surface area contributed by atoms with Crippen molar-refractivity contribution in [1.29, 1.82) is 0 Å². The summed E-state index contributed by atoms with van der Waals surface area (Å²) in [7, 11) is 3.13. The molecule has 1 N–H and O–H groups in total. The highest BCUT2D eigenvalue weighted by Crippen LogP contribution is 2.09. The van der Waals surface area contributed by atoms with Crippen molar-refractivity contribution >= 4 is 11.8 Å². The Hall–Kier alpha value is -1.71. The lowest BCUT2D eigenvalue weighted by molar-refractivity contribution is 0.0669. The van der Waals surface area contributed by atoms with Gasteiger partial charge in [0.15, 0.2) is 0 Å². The van der Waals surface area contributed by atoms with E-state index in [9.17, 15) is 4.79 Å². The smallest absolute Gasteiger partial charge is 0.438 e. The summed E-state index contributed by atoms with van der Waals surface area (Å²) in [4.78, 5) is 10.7. The van der Waals surface area contributed by atoms with E-state index in [-0.39, 0.29) is 8.03 Å². The van der Waals surface area contributed by atoms with Gasteiger partial charge in [0, 0.05) is 14.2 Å². The van der Waals surface area contributed by atoms with Gasteiger partial charge in [-0.1, -0.05) is 12.1 Å². The van der Waals surface area contributed by atoms with Gasteiger partial charge < -0.3 is 14.8 Å². The SMILES string of the molecule is CNc1ccc(COC(=O)OC)cc1.[HH]. The Kier molecular flexibility index (Phi) is 3.79. The number of benzene rings is 1. The Labute approximate surface area is 84.3 Å². The molecule has 0 heterocycles. The van der Waals surface area contributed by atoms with Gasteiger partial charge >= 0.3 is 6.16 Å². The first-order valence-corrected chi connectivity index (χ1v) is 4.23. The van der Waals surface area contributed by atoms with E-state index in [0.29, 0.717) is 0 Å². The Morgan fingerprint density at radius 2 is 2.07 bits per heavy atom. The molecular weight excluding hydrogens is 182 g/mol. The van der Waals surface area contributed by atoms with Gasteiger partial charge in [0.25, 0.3) is 0 Å². The number of anilines is 1. The Bertz CT molecular complexity index is 300. The third-order valence-electron chi connectivity index (χ3n) is 1.77. The number of carbonyl (C=O) groups is 1. The van der Waals surface area contributed by atoms with Crippen molar-refractivity contribution in [2.24, 2.45) is 0 Å². The van der Waals surface area contributed by atoms with Crippen molar-refractivity contribution in [3.8, 4) is 0 Å². The Morgan fingerprint density at radius 1 is 1.43 bits per heavy atom. The molecule has 0 aliphatic heterocycles. The largest absolute Gasteiger partial charge is 0.508 e. The highest BCUT2D eigenvalue weighted by Gasteiger charge is 2.00. The van der Waals surface area contributed by atoms with E-state index in [1.165, 1.54) is 7.11 Å². The summed E-state index contributed by atoms with van der Waals surface area (Å²) in [6.07, 6.45) is -0.664. The van der Waals surface area contributed by atoms with Crippen molar-refractivity contribution in [2.45, 2.75) is 6.61 Å². The summed E-state index contributed by atoms with van der Waals surface area (Å²) < 4.78 is 9.11. The first-order chi connectivity index (χ1) is 6.76. The summed E-state index contributed by atoms with van der Waals surface area (Å²) in [5.41, 5.74) is 1.95. The van der Waals surface area contributed by atoms with Gasteiger partial charge in [-0.05, 0) is 17.7 Å². The zero-order valence-electron chi connectivity index (χ0n) is 8.24. The van der Waals surface area contributed by atoms with Crippen LogP contribution in [0.5, 0.6) is 0 Å². The fourth-order valence-electron chi connectivity index (χ4n) is 0.969. The van der Waals surface area contributed by atoms with Crippen LogP contribution in [0.15, 0.2) is 24.3 Å². The molecule has 1 aromatic carbocycles. The molecule has 14 heavy (non-hydrogen) atoms. The topological polar surface area (TPSA) is 47.6 Å². The second kappa shape index (κ2) is 5.11. The first kappa shape index (κ1) is 10.4. The number of rotatable bonds is 3. The van der Waals surface area contributed by atoms with E-state index in [1.807, 2.05) is 31.3 Å². The summed E-state index contributed by atoms with van der Waals surface area (Å²) in [5.74, 6) is 0. The molecule has 0 amide bonds. The fourth-order valence-corrected chi connectivity index (χ4v) is 0.969. The predicted molar refractivity (Wildman–Crippen MR) is 55.3 cm³/mol. The minimum absolute atomic E-state index is 0. The lowest BCUT2D eigenvalue weighted by atomic mass is 10.2. The molecule has 0 aliphatic rings. The van der Waals surface area contributed by atoms with E-state index in [1.54, 1.807) is 0 Å². The van der Waals surface area contributed by atoms with Gasteiger partial charge in [-0.3, -0.25) is 0 Å². The molecule has 0 unspecified atom stereocenters. The predicted octanol–water partition coefficient (Wildman–Crippen LogP) is 2.26. The molecule has 0 spiro atoms. The second-order valence-corrected chi connectivity index (χ2v) is 2.69. The minimum atomic E-state index is -0.664. The summed E-state index contributed by atoms with van der Waals surface area (Å²) in [6.45, 7) is 0.233. The number of hydrogen-bond donors (Lipinski definition) is 1. The number of carbonyl (C=O) groups excluding carboxylic acids is 1. The number of nitrogens with one attached hydrogen (secondary N) is 1. The standard InChI is InChI=1S/C10H13NO3.H2/c1-11-9-5-3-8(4-6-9)7-14-10(12)13-2;/h3-6,11H,7H2,1-2H3;1H. The van der Waals surface area contributed by atoms with Crippen LogP contribution >= 0.6 is 0 Å². The Balaban J connectivity index is 0.00000196. The van der Waals surface area contributed by atoms with Gasteiger partial charge in [0.1, 0.15) is 6.61 Å². The quantitative estimate of drug-likeness (QED) is 0.755. The van der Waals surface area contributed by atoms with Gasteiger partial charge in [-0.15, -0.1) is 0 Å². The average Bonchev–Trinajstić information content (AvgIpc) is 2.26. The molecule has 0 radical (unpaired) electrons. The number of methoxy groups -OCH3 is 1. The Morgan fingerprint density at radius 3 is 2.57 bits per heavy atom. The highest BCUT2D eigenvalue weighted by atomic mass is 16.7. The average molecular weight is 197 g/mol. The molecule has 0 saturated heterocycles. The third kappa shape index (κ3) is 2.97. The molecule has 0 fully saturated rings. The van der Waals surface area contributed by atoms with Crippen molar-refractivity contribution in [2.75, 3.05) is 19.5 Å². The molecule has 4 nitrogen and oxygen atoms in total. The maximum absolute atomic E-state index is 10.7. The van der Waals surface area contributed by atoms with Crippen LogP contribution in [0.4, 0.5) is 10.5 Å². The minimum Gasteiger partial charge on any atom is -0.438 e. The van der Waals surface area contributed by atoms with E-state index in [0.717, 1.165) is 11.3 Å². The normalized spacial score (nSPS) is 9.29. The van der Waals surface area contributed by atoms with Crippen LogP contribution in [-0.2, 0) is 16.1 Å². The van der Waals surface area contributed by atoms with Crippen molar-refractivity contribution in [3.05, 3.63) is 29.8 Å². The van der Waals surface area contributed by atoms with Crippen LogP contribution in [0, 0.1) is 0 Å². The van der Waals surface area contributed by atoms with E-state index >= 15 is 0 Å². The van der Waals surface area contributed by atoms with Gasteiger partial charge in [-0.2, -0.15) is 0 Å². The lowest BCUT2D eigenvalue weighted by Gasteiger charge is -2.04. The molecule has 0 atom stereocenters. The molecule has 0 bridgehead atoms. The van der Waals surface area contributed by atoms with Crippen LogP contribution in [0.2, 0.25) is 0 Å². The molecule has 1 rings (SSSR count). The lowest BCUT2D eigenvalue weighted by Crippen LogP contribution is -2.03. The summed E-state index contributed by atoms with van der Waals surface area (Å²) >= 11 is 0. The first-order valence-electron chi connectivity index (χ1n) is 4.23. The van der Waals surface area contributed by atoms with E-state index < -0.39 is 6.16 Å². The van der Waals surface area contributed by atoms with Gasteiger partial charge in [0.2, 0.25) is 0 Å². The van der Waals surface area contributed by atoms with E-state index in [4.69, 9.17) is 4.74 Å². The van der Waals surface area contributed by atoms with E-state index in [2.05, 4.69) is 10.1 Å². The van der Waals surface area contributed by atoms with Gasteiger partial charge in [-0.25, -0.2) is 4.79 Å². The van der Waals surface area contributed by atoms with Gasteiger partial charge in [0.05, 0.1) is 7.11 Å². The molecular formula is C10H15NO3. The van der Waals surface area contributed by atoms with Crippen LogP contribution in [-0.4, -0.2) is 20.3 Å². The fraction of sp³-hybridized carbons (Fsp3) is 0.300. The zero-order valence-corrected chi connectivity index (χ0v) is 8.24.